The Bertz CT molecular complexity index is 369. The maximum absolute atomic E-state index is 5.63. The first-order chi connectivity index (χ1) is 8.71. The minimum atomic E-state index is -0.0470. The second kappa shape index (κ2) is 5.75. The molecule has 6 nitrogen and oxygen atoms in total. The van der Waals surface area contributed by atoms with Gasteiger partial charge in [0.15, 0.2) is 5.82 Å². The molecule has 102 valence electrons. The van der Waals surface area contributed by atoms with Crippen molar-refractivity contribution in [3.05, 3.63) is 5.82 Å². The zero-order valence-electron chi connectivity index (χ0n) is 11.5. The van der Waals surface area contributed by atoms with E-state index in [1.165, 1.54) is 6.42 Å². The molecule has 0 bridgehead atoms. The Kier molecular flexibility index (Phi) is 4.29. The van der Waals surface area contributed by atoms with E-state index in [1.807, 2.05) is 4.68 Å². The highest BCUT2D eigenvalue weighted by Gasteiger charge is 2.38. The number of ether oxygens (including phenoxy) is 1. The summed E-state index contributed by atoms with van der Waals surface area (Å²) in [5.41, 5.74) is -0.0470. The number of nitrogens with one attached hydrogen (secondary N) is 1. The van der Waals surface area contributed by atoms with Crippen LogP contribution in [0.25, 0.3) is 0 Å². The van der Waals surface area contributed by atoms with E-state index < -0.39 is 0 Å². The van der Waals surface area contributed by atoms with Crippen LogP contribution in [0.4, 0.5) is 0 Å². The quantitative estimate of drug-likeness (QED) is 0.793. The molecule has 1 fully saturated rings. The summed E-state index contributed by atoms with van der Waals surface area (Å²) in [6, 6.07) is 0.175. The Labute approximate surface area is 108 Å². The van der Waals surface area contributed by atoms with Crippen molar-refractivity contribution in [2.45, 2.75) is 57.7 Å². The lowest BCUT2D eigenvalue weighted by Gasteiger charge is -2.40. The summed E-state index contributed by atoms with van der Waals surface area (Å²) in [6.07, 6.45) is 4.53. The molecule has 1 aromatic heterocycles. The van der Waals surface area contributed by atoms with Crippen LogP contribution in [0.3, 0.4) is 0 Å². The summed E-state index contributed by atoms with van der Waals surface area (Å²) in [7, 11) is 1.78. The van der Waals surface area contributed by atoms with Crippen molar-refractivity contribution in [1.29, 1.82) is 0 Å². The highest BCUT2D eigenvalue weighted by Crippen LogP contribution is 2.36. The van der Waals surface area contributed by atoms with Gasteiger partial charge >= 0.3 is 0 Å². The van der Waals surface area contributed by atoms with E-state index in [9.17, 15) is 0 Å². The lowest BCUT2D eigenvalue weighted by atomic mass is 9.80. The lowest BCUT2D eigenvalue weighted by Crippen LogP contribution is -2.44. The van der Waals surface area contributed by atoms with Gasteiger partial charge in [-0.25, -0.2) is 4.68 Å². The van der Waals surface area contributed by atoms with Gasteiger partial charge in [0, 0.05) is 7.11 Å². The Morgan fingerprint density at radius 3 is 2.83 bits per heavy atom. The van der Waals surface area contributed by atoms with Crippen LogP contribution >= 0.6 is 0 Å². The van der Waals surface area contributed by atoms with E-state index in [0.29, 0.717) is 0 Å². The van der Waals surface area contributed by atoms with Crippen LogP contribution in [0.2, 0.25) is 0 Å². The minimum Gasteiger partial charge on any atom is -0.376 e. The van der Waals surface area contributed by atoms with Crippen LogP contribution in [-0.2, 0) is 11.3 Å². The summed E-state index contributed by atoms with van der Waals surface area (Å²) in [5.74, 6) is 0.895. The topological polar surface area (TPSA) is 64.9 Å². The Hall–Kier alpha value is -1.01. The van der Waals surface area contributed by atoms with E-state index in [0.717, 1.165) is 38.2 Å². The zero-order valence-corrected chi connectivity index (χ0v) is 11.5. The van der Waals surface area contributed by atoms with Gasteiger partial charge in [-0.3, -0.25) is 0 Å². The molecule has 2 rings (SSSR count). The molecule has 0 amide bonds. The zero-order chi connectivity index (χ0) is 13.0. The van der Waals surface area contributed by atoms with Crippen molar-refractivity contribution in [3.8, 4) is 0 Å². The summed E-state index contributed by atoms with van der Waals surface area (Å²) < 4.78 is 7.51. The molecule has 6 heteroatoms. The number of hydrogen-bond acceptors (Lipinski definition) is 5. The normalized spacial score (nSPS) is 19.5. The molecule has 1 heterocycles. The number of nitrogens with zero attached hydrogens (tertiary/aromatic N) is 4. The molecular weight excluding hydrogens is 230 g/mol. The molecule has 1 aromatic rings. The standard InChI is InChI=1S/C12H23N5O/c1-4-8-13-10(2)11-14-15-16-17(11)9-12(18-3)6-5-7-12/h10,13H,4-9H2,1-3H3. The van der Waals surface area contributed by atoms with Crippen LogP contribution in [0.15, 0.2) is 0 Å². The molecule has 0 aliphatic heterocycles. The maximum Gasteiger partial charge on any atom is 0.168 e. The molecule has 0 aromatic carbocycles. The summed E-state index contributed by atoms with van der Waals surface area (Å²) in [6.45, 7) is 5.97. The number of aromatic nitrogens is 4. The minimum absolute atomic E-state index is 0.0470. The van der Waals surface area contributed by atoms with E-state index >= 15 is 0 Å². The van der Waals surface area contributed by atoms with Gasteiger partial charge in [-0.2, -0.15) is 0 Å². The molecule has 0 saturated heterocycles. The molecule has 18 heavy (non-hydrogen) atoms. The third-order valence-electron chi connectivity index (χ3n) is 3.78. The van der Waals surface area contributed by atoms with E-state index in [2.05, 4.69) is 34.7 Å². The van der Waals surface area contributed by atoms with E-state index in [-0.39, 0.29) is 11.6 Å². The predicted molar refractivity (Wildman–Crippen MR) is 68.1 cm³/mol. The summed E-state index contributed by atoms with van der Waals surface area (Å²) in [5, 5.41) is 15.4. The van der Waals surface area contributed by atoms with Gasteiger partial charge in [0.1, 0.15) is 0 Å². The fourth-order valence-electron chi connectivity index (χ4n) is 2.36. The number of hydrogen-bond donors (Lipinski definition) is 1. The predicted octanol–water partition coefficient (Wildman–Crippen LogP) is 1.30. The van der Waals surface area contributed by atoms with Crippen molar-refractivity contribution < 1.29 is 4.74 Å². The molecule has 1 unspecified atom stereocenters. The van der Waals surface area contributed by atoms with Crippen molar-refractivity contribution in [1.82, 2.24) is 25.5 Å². The van der Waals surface area contributed by atoms with Crippen molar-refractivity contribution in [2.24, 2.45) is 0 Å². The van der Waals surface area contributed by atoms with Gasteiger partial charge in [0.2, 0.25) is 0 Å². The van der Waals surface area contributed by atoms with Gasteiger partial charge < -0.3 is 10.1 Å². The maximum atomic E-state index is 5.63. The van der Waals surface area contributed by atoms with Crippen molar-refractivity contribution >= 4 is 0 Å². The summed E-state index contributed by atoms with van der Waals surface area (Å²) in [4.78, 5) is 0. The molecule has 1 N–H and O–H groups in total. The fraction of sp³-hybridized carbons (Fsp3) is 0.917. The van der Waals surface area contributed by atoms with Crippen LogP contribution in [0.5, 0.6) is 0 Å². The number of tetrazole rings is 1. The largest absolute Gasteiger partial charge is 0.376 e. The van der Waals surface area contributed by atoms with Crippen LogP contribution < -0.4 is 5.32 Å². The third kappa shape index (κ3) is 2.70. The lowest BCUT2D eigenvalue weighted by molar-refractivity contribution is -0.0864. The van der Waals surface area contributed by atoms with E-state index in [4.69, 9.17) is 4.74 Å². The molecule has 1 aliphatic rings. The molecular formula is C12H23N5O. The fourth-order valence-corrected chi connectivity index (χ4v) is 2.36. The first-order valence-corrected chi connectivity index (χ1v) is 6.75. The molecule has 1 saturated carbocycles. The van der Waals surface area contributed by atoms with E-state index in [1.54, 1.807) is 7.11 Å². The second-order valence-electron chi connectivity index (χ2n) is 5.11. The molecule has 1 aliphatic carbocycles. The van der Waals surface area contributed by atoms with Crippen LogP contribution in [0.1, 0.15) is 51.4 Å². The van der Waals surface area contributed by atoms with Crippen LogP contribution in [-0.4, -0.2) is 39.5 Å². The Morgan fingerprint density at radius 2 is 2.28 bits per heavy atom. The second-order valence-corrected chi connectivity index (χ2v) is 5.11. The van der Waals surface area contributed by atoms with Gasteiger partial charge in [0.25, 0.3) is 0 Å². The third-order valence-corrected chi connectivity index (χ3v) is 3.78. The van der Waals surface area contributed by atoms with Gasteiger partial charge in [-0.1, -0.05) is 6.92 Å². The SMILES string of the molecule is CCCNC(C)c1nnnn1CC1(OC)CCC1. The van der Waals surface area contributed by atoms with Crippen LogP contribution in [0, 0.1) is 0 Å². The van der Waals surface area contributed by atoms with Gasteiger partial charge in [-0.05, 0) is 49.6 Å². The average molecular weight is 253 g/mol. The smallest absolute Gasteiger partial charge is 0.168 e. The first-order valence-electron chi connectivity index (χ1n) is 6.75. The first kappa shape index (κ1) is 13.4. The highest BCUT2D eigenvalue weighted by molar-refractivity contribution is 4.95. The Morgan fingerprint density at radius 1 is 1.50 bits per heavy atom. The molecule has 0 radical (unpaired) electrons. The van der Waals surface area contributed by atoms with Gasteiger partial charge in [0.05, 0.1) is 18.2 Å². The molecule has 1 atom stereocenters. The Balaban J connectivity index is 2.03. The molecule has 0 spiro atoms. The summed E-state index contributed by atoms with van der Waals surface area (Å²) >= 11 is 0. The van der Waals surface area contributed by atoms with Crippen molar-refractivity contribution in [3.63, 3.8) is 0 Å². The monoisotopic (exact) mass is 253 g/mol. The number of rotatable bonds is 7. The average Bonchev–Trinajstić information content (AvgIpc) is 2.78. The van der Waals surface area contributed by atoms with Gasteiger partial charge in [-0.15, -0.1) is 5.10 Å². The van der Waals surface area contributed by atoms with Crippen molar-refractivity contribution in [2.75, 3.05) is 13.7 Å². The highest BCUT2D eigenvalue weighted by atomic mass is 16.5. The number of methoxy groups -OCH3 is 1.